The molecule has 0 spiro atoms. The first-order valence-corrected chi connectivity index (χ1v) is 6.87. The van der Waals surface area contributed by atoms with E-state index >= 15 is 0 Å². The number of hydrogen-bond acceptors (Lipinski definition) is 2. The van der Waals surface area contributed by atoms with Crippen LogP contribution in [0.3, 0.4) is 0 Å². The highest BCUT2D eigenvalue weighted by Crippen LogP contribution is 2.38. The minimum absolute atomic E-state index is 0. The lowest BCUT2D eigenvalue weighted by Gasteiger charge is -2.33. The molecule has 3 rings (SSSR count). The van der Waals surface area contributed by atoms with Gasteiger partial charge in [-0.05, 0) is 36.5 Å². The summed E-state index contributed by atoms with van der Waals surface area (Å²) in [5, 5.41) is 3.01. The van der Waals surface area contributed by atoms with Crippen LogP contribution in [0.1, 0.15) is 24.3 Å². The van der Waals surface area contributed by atoms with Crippen LogP contribution in [0.4, 0.5) is 5.82 Å². The molecule has 1 aromatic carbocycles. The zero-order chi connectivity index (χ0) is 13.8. The maximum Gasteiger partial charge on any atom is 0.194 e. The summed E-state index contributed by atoms with van der Waals surface area (Å²) in [7, 11) is 0. The number of nitrogens with two attached hydrogens (primary N) is 1. The Hall–Kier alpha value is -1.63. The van der Waals surface area contributed by atoms with E-state index in [0.717, 1.165) is 18.7 Å². The predicted octanol–water partition coefficient (Wildman–Crippen LogP) is 3.37. The molecule has 2 aromatic rings. The van der Waals surface area contributed by atoms with Gasteiger partial charge < -0.3 is 11.1 Å². The Morgan fingerprint density at radius 1 is 1.10 bits per heavy atom. The third kappa shape index (κ3) is 4.17. The van der Waals surface area contributed by atoms with Crippen molar-refractivity contribution < 1.29 is 0 Å². The summed E-state index contributed by atoms with van der Waals surface area (Å²) in [4.78, 5) is 8.66. The lowest BCUT2D eigenvalue weighted by Crippen LogP contribution is -2.31. The highest BCUT2D eigenvalue weighted by molar-refractivity contribution is 14.0. The fourth-order valence-electron chi connectivity index (χ4n) is 2.49. The molecule has 1 fully saturated rings. The Balaban J connectivity index is 0.00000161. The summed E-state index contributed by atoms with van der Waals surface area (Å²) in [6.07, 6.45) is 3.85. The molecule has 0 amide bonds. The molecular formula is C16H19IN4. The number of benzene rings is 1. The molecule has 3 N–H and O–H groups in total. The molecule has 110 valence electrons. The van der Waals surface area contributed by atoms with Crippen molar-refractivity contribution in [1.29, 1.82) is 0 Å². The SMILES string of the molecule is I.NC(=NC1CC(c2ccccc2)C1)Nc1ccccn1. The van der Waals surface area contributed by atoms with Crippen molar-refractivity contribution in [1.82, 2.24) is 4.98 Å². The average Bonchev–Trinajstić information content (AvgIpc) is 2.44. The number of guanidine groups is 1. The van der Waals surface area contributed by atoms with E-state index in [-0.39, 0.29) is 24.0 Å². The Morgan fingerprint density at radius 3 is 2.48 bits per heavy atom. The number of hydrogen-bond donors (Lipinski definition) is 2. The highest BCUT2D eigenvalue weighted by atomic mass is 127. The molecule has 0 atom stereocenters. The average molecular weight is 394 g/mol. The molecule has 1 aliphatic rings. The van der Waals surface area contributed by atoms with E-state index in [9.17, 15) is 0 Å². The predicted molar refractivity (Wildman–Crippen MR) is 97.1 cm³/mol. The lowest BCUT2D eigenvalue weighted by molar-refractivity contribution is 0.353. The second kappa shape index (κ2) is 7.40. The number of aromatic nitrogens is 1. The topological polar surface area (TPSA) is 63.3 Å². The van der Waals surface area contributed by atoms with Crippen LogP contribution < -0.4 is 11.1 Å². The second-order valence-electron chi connectivity index (χ2n) is 5.09. The van der Waals surface area contributed by atoms with Crippen LogP contribution in [-0.4, -0.2) is 17.0 Å². The number of rotatable bonds is 3. The second-order valence-corrected chi connectivity index (χ2v) is 5.09. The molecule has 4 nitrogen and oxygen atoms in total. The molecule has 0 radical (unpaired) electrons. The Bertz CT molecular complexity index is 580. The van der Waals surface area contributed by atoms with Crippen LogP contribution in [0, 0.1) is 0 Å². The van der Waals surface area contributed by atoms with E-state index in [0.29, 0.717) is 17.9 Å². The van der Waals surface area contributed by atoms with Gasteiger partial charge >= 0.3 is 0 Å². The molecule has 1 aliphatic carbocycles. The quantitative estimate of drug-likeness (QED) is 0.477. The van der Waals surface area contributed by atoms with Crippen molar-refractivity contribution in [3.05, 3.63) is 60.3 Å². The Morgan fingerprint density at radius 2 is 1.81 bits per heavy atom. The van der Waals surface area contributed by atoms with Crippen molar-refractivity contribution in [2.45, 2.75) is 24.8 Å². The lowest BCUT2D eigenvalue weighted by atomic mass is 9.76. The van der Waals surface area contributed by atoms with Crippen LogP contribution in [0.5, 0.6) is 0 Å². The van der Waals surface area contributed by atoms with Gasteiger partial charge in [-0.1, -0.05) is 36.4 Å². The van der Waals surface area contributed by atoms with Gasteiger partial charge in [-0.3, -0.25) is 0 Å². The standard InChI is InChI=1S/C16H18N4.HI/c17-16(20-15-8-4-5-9-18-15)19-14-10-13(11-14)12-6-2-1-3-7-12;/h1-9,13-14H,10-11H2,(H3,17,18,19,20);1H. The summed E-state index contributed by atoms with van der Waals surface area (Å²) in [5.41, 5.74) is 7.30. The largest absolute Gasteiger partial charge is 0.370 e. The normalized spacial score (nSPS) is 21.0. The fraction of sp³-hybridized carbons (Fsp3) is 0.250. The summed E-state index contributed by atoms with van der Waals surface area (Å²) in [6.45, 7) is 0. The van der Waals surface area contributed by atoms with E-state index in [2.05, 4.69) is 39.6 Å². The van der Waals surface area contributed by atoms with Crippen LogP contribution in [0.15, 0.2) is 59.7 Å². The number of nitrogens with one attached hydrogen (secondary N) is 1. The Kier molecular flexibility index (Phi) is 5.55. The highest BCUT2D eigenvalue weighted by Gasteiger charge is 2.30. The number of anilines is 1. The maximum atomic E-state index is 5.90. The molecule has 1 saturated carbocycles. The number of nitrogens with zero attached hydrogens (tertiary/aromatic N) is 2. The van der Waals surface area contributed by atoms with Crippen LogP contribution in [0.2, 0.25) is 0 Å². The number of halogens is 1. The van der Waals surface area contributed by atoms with E-state index in [1.165, 1.54) is 5.56 Å². The zero-order valence-corrected chi connectivity index (χ0v) is 14.0. The van der Waals surface area contributed by atoms with E-state index < -0.39 is 0 Å². The minimum atomic E-state index is 0. The number of aliphatic imine (C=N–C) groups is 1. The third-order valence-corrected chi connectivity index (χ3v) is 3.63. The first-order valence-electron chi connectivity index (χ1n) is 6.87. The van der Waals surface area contributed by atoms with Crippen molar-refractivity contribution in [2.75, 3.05) is 5.32 Å². The van der Waals surface area contributed by atoms with Crippen LogP contribution >= 0.6 is 24.0 Å². The molecule has 1 heterocycles. The molecule has 5 heteroatoms. The molecule has 0 bridgehead atoms. The van der Waals surface area contributed by atoms with Crippen LogP contribution in [-0.2, 0) is 0 Å². The number of pyridine rings is 1. The Labute approximate surface area is 141 Å². The van der Waals surface area contributed by atoms with Crippen molar-refractivity contribution >= 4 is 35.8 Å². The monoisotopic (exact) mass is 394 g/mol. The zero-order valence-electron chi connectivity index (χ0n) is 11.6. The van der Waals surface area contributed by atoms with Crippen molar-refractivity contribution in [2.24, 2.45) is 10.7 Å². The fourth-order valence-corrected chi connectivity index (χ4v) is 2.49. The summed E-state index contributed by atoms with van der Waals surface area (Å²) < 4.78 is 0. The van der Waals surface area contributed by atoms with Crippen molar-refractivity contribution in [3.8, 4) is 0 Å². The van der Waals surface area contributed by atoms with Gasteiger partial charge in [-0.15, -0.1) is 24.0 Å². The van der Waals surface area contributed by atoms with E-state index in [1.807, 2.05) is 24.3 Å². The van der Waals surface area contributed by atoms with Gasteiger partial charge in [0, 0.05) is 6.20 Å². The van der Waals surface area contributed by atoms with Gasteiger partial charge in [-0.25, -0.2) is 9.98 Å². The van der Waals surface area contributed by atoms with Gasteiger partial charge in [0.2, 0.25) is 0 Å². The molecule has 0 aliphatic heterocycles. The third-order valence-electron chi connectivity index (χ3n) is 3.63. The minimum Gasteiger partial charge on any atom is -0.370 e. The molecular weight excluding hydrogens is 375 g/mol. The van der Waals surface area contributed by atoms with Crippen LogP contribution in [0.25, 0.3) is 0 Å². The molecule has 21 heavy (non-hydrogen) atoms. The van der Waals surface area contributed by atoms with Crippen molar-refractivity contribution in [3.63, 3.8) is 0 Å². The summed E-state index contributed by atoms with van der Waals surface area (Å²) in [5.74, 6) is 1.79. The first kappa shape index (κ1) is 15.8. The van der Waals surface area contributed by atoms with Gasteiger partial charge in [-0.2, -0.15) is 0 Å². The smallest absolute Gasteiger partial charge is 0.194 e. The van der Waals surface area contributed by atoms with E-state index in [4.69, 9.17) is 5.73 Å². The van der Waals surface area contributed by atoms with E-state index in [1.54, 1.807) is 6.20 Å². The molecule has 0 unspecified atom stereocenters. The first-order chi connectivity index (χ1) is 9.81. The summed E-state index contributed by atoms with van der Waals surface area (Å²) >= 11 is 0. The van der Waals surface area contributed by atoms with Gasteiger partial charge in [0.15, 0.2) is 5.96 Å². The van der Waals surface area contributed by atoms with Gasteiger partial charge in [0.05, 0.1) is 6.04 Å². The summed E-state index contributed by atoms with van der Waals surface area (Å²) in [6, 6.07) is 16.6. The molecule has 1 aromatic heterocycles. The molecule has 0 saturated heterocycles. The van der Waals surface area contributed by atoms with Gasteiger partial charge in [0.1, 0.15) is 5.82 Å². The maximum absolute atomic E-state index is 5.90. The van der Waals surface area contributed by atoms with Gasteiger partial charge in [0.25, 0.3) is 0 Å².